The lowest BCUT2D eigenvalue weighted by Crippen LogP contribution is -2.39. The molecule has 0 radical (unpaired) electrons. The normalized spacial score (nSPS) is 12.1. The van der Waals surface area contributed by atoms with E-state index in [-0.39, 0.29) is 0 Å². The molecular weight excluding hydrogens is 644 g/mol. The second kappa shape index (κ2) is 13.7. The molecule has 0 aromatic heterocycles. The molecule has 0 atom stereocenters. The molecule has 3 aromatic carbocycles. The molecular formula is C25H8BF15O3. The first-order valence-electron chi connectivity index (χ1n) is 11.1. The van der Waals surface area contributed by atoms with E-state index in [9.17, 15) is 65.9 Å². The first-order chi connectivity index (χ1) is 20.6. The molecule has 0 saturated carbocycles. The van der Waals surface area contributed by atoms with Crippen LogP contribution < -0.4 is 14.0 Å². The van der Waals surface area contributed by atoms with E-state index in [1.807, 2.05) is 12.2 Å². The predicted octanol–water partition coefficient (Wildman–Crippen LogP) is 8.35. The van der Waals surface area contributed by atoms with Gasteiger partial charge in [-0.1, -0.05) is 36.5 Å². The molecule has 0 aliphatic heterocycles. The maximum Gasteiger partial charge on any atom is 0.864 e. The van der Waals surface area contributed by atoms with Gasteiger partial charge in [0.25, 0.3) is 0 Å². The number of hydrogen-bond donors (Lipinski definition) is 0. The summed E-state index contributed by atoms with van der Waals surface area (Å²) in [5.74, 6) is -50.0. The monoisotopic (exact) mass is 652 g/mol. The molecule has 0 saturated heterocycles. The molecule has 44 heavy (non-hydrogen) atoms. The fourth-order valence-electron chi connectivity index (χ4n) is 2.95. The van der Waals surface area contributed by atoms with Gasteiger partial charge < -0.3 is 14.0 Å². The van der Waals surface area contributed by atoms with Crippen molar-refractivity contribution >= 4 is 7.32 Å². The van der Waals surface area contributed by atoms with E-state index in [1.54, 1.807) is 0 Å². The molecule has 19 heteroatoms. The molecule has 3 nitrogen and oxygen atoms in total. The van der Waals surface area contributed by atoms with Gasteiger partial charge in [-0.25, -0.2) is 39.5 Å². The minimum Gasteiger partial charge on any atom is -0.484 e. The van der Waals surface area contributed by atoms with Crippen LogP contribution in [-0.2, 0) is 0 Å². The van der Waals surface area contributed by atoms with E-state index in [0.29, 0.717) is 0 Å². The van der Waals surface area contributed by atoms with Crippen molar-refractivity contribution in [2.75, 3.05) is 0 Å². The third kappa shape index (κ3) is 6.60. The lowest BCUT2D eigenvalue weighted by Gasteiger charge is -2.19. The van der Waals surface area contributed by atoms with Crippen LogP contribution in [0.15, 0.2) is 36.5 Å². The van der Waals surface area contributed by atoms with Crippen LogP contribution in [0.4, 0.5) is 65.9 Å². The molecule has 0 amide bonds. The van der Waals surface area contributed by atoms with Crippen LogP contribution in [0.3, 0.4) is 0 Å². The van der Waals surface area contributed by atoms with E-state index in [2.05, 4.69) is 38.3 Å². The summed E-state index contributed by atoms with van der Waals surface area (Å²) in [7, 11) is -3.75. The highest BCUT2D eigenvalue weighted by molar-refractivity contribution is 6.39. The summed E-state index contributed by atoms with van der Waals surface area (Å²) >= 11 is 0. The van der Waals surface area contributed by atoms with E-state index in [0.717, 1.165) is 6.42 Å². The molecule has 3 aromatic rings. The standard InChI is InChI=1S/C18BF15O3.C7H8/c20-1-4(23)10(29)16(11(30)5(1)24)35-19(36-17-12(31)6(25)2(21)7(26)13(17)32)37-18-14(33)8(27)3(22)9(28)15(18)34;1-2-4-6-7-5-3-1/h;1-6H,7H2. The number of benzene rings is 3. The highest BCUT2D eigenvalue weighted by Gasteiger charge is 2.42. The fraction of sp³-hybridized carbons (Fsp3) is 0.0400. The van der Waals surface area contributed by atoms with Crippen LogP contribution in [-0.4, -0.2) is 7.32 Å². The smallest absolute Gasteiger partial charge is 0.484 e. The third-order valence-corrected chi connectivity index (χ3v) is 5.03. The van der Waals surface area contributed by atoms with Gasteiger partial charge in [0.15, 0.2) is 17.2 Å². The van der Waals surface area contributed by atoms with Gasteiger partial charge in [0.05, 0.1) is 0 Å². The zero-order chi connectivity index (χ0) is 33.0. The average Bonchev–Trinajstić information content (AvgIpc) is 3.34. The van der Waals surface area contributed by atoms with Crippen molar-refractivity contribution in [3.8, 4) is 17.2 Å². The highest BCUT2D eigenvalue weighted by Crippen LogP contribution is 2.35. The lowest BCUT2D eigenvalue weighted by atomic mass is 10.1. The Labute approximate surface area is 235 Å². The van der Waals surface area contributed by atoms with Crippen LogP contribution in [0.1, 0.15) is 6.42 Å². The maximum absolute atomic E-state index is 13.9. The largest absolute Gasteiger partial charge is 0.864 e. The second-order valence-corrected chi connectivity index (χ2v) is 7.82. The Morgan fingerprint density at radius 2 is 0.523 bits per heavy atom. The van der Waals surface area contributed by atoms with Gasteiger partial charge in [-0.2, -0.15) is 26.3 Å². The Kier molecular flexibility index (Phi) is 10.5. The van der Waals surface area contributed by atoms with Gasteiger partial charge in [-0.05, 0) is 6.42 Å². The van der Waals surface area contributed by atoms with Gasteiger partial charge in [0, 0.05) is 0 Å². The minimum absolute atomic E-state index is 1.08. The molecule has 234 valence electrons. The first kappa shape index (κ1) is 33.8. The Hall–Kier alpha value is -4.71. The molecule has 0 bridgehead atoms. The van der Waals surface area contributed by atoms with Crippen molar-refractivity contribution in [3.63, 3.8) is 0 Å². The number of rotatable bonds is 6. The van der Waals surface area contributed by atoms with Crippen LogP contribution in [0.5, 0.6) is 17.2 Å². The van der Waals surface area contributed by atoms with Gasteiger partial charge >= 0.3 is 7.32 Å². The summed E-state index contributed by atoms with van der Waals surface area (Å²) in [6, 6.07) is 0. The number of allylic oxidation sites excluding steroid dienone is 6. The second-order valence-electron chi connectivity index (χ2n) is 7.82. The number of halogens is 15. The van der Waals surface area contributed by atoms with E-state index < -0.39 is 112 Å². The Balaban J connectivity index is 0.000000662. The minimum atomic E-state index is -3.75. The van der Waals surface area contributed by atoms with Crippen LogP contribution in [0, 0.1) is 87.3 Å². The van der Waals surface area contributed by atoms with Crippen molar-refractivity contribution in [1.29, 1.82) is 0 Å². The van der Waals surface area contributed by atoms with Gasteiger partial charge in [0.2, 0.25) is 87.3 Å². The van der Waals surface area contributed by atoms with Crippen molar-refractivity contribution in [3.05, 3.63) is 124 Å². The fourth-order valence-corrected chi connectivity index (χ4v) is 2.95. The maximum atomic E-state index is 13.9. The van der Waals surface area contributed by atoms with E-state index >= 15 is 0 Å². The van der Waals surface area contributed by atoms with E-state index in [1.165, 1.54) is 0 Å². The summed E-state index contributed by atoms with van der Waals surface area (Å²) in [6.07, 6.45) is 13.5. The van der Waals surface area contributed by atoms with Gasteiger partial charge in [-0.3, -0.25) is 0 Å². The van der Waals surface area contributed by atoms with Gasteiger partial charge in [-0.15, -0.1) is 0 Å². The van der Waals surface area contributed by atoms with Crippen molar-refractivity contribution in [1.82, 2.24) is 0 Å². The van der Waals surface area contributed by atoms with Crippen LogP contribution >= 0.6 is 0 Å². The molecule has 1 aliphatic carbocycles. The lowest BCUT2D eigenvalue weighted by molar-refractivity contribution is 0.247. The van der Waals surface area contributed by atoms with Crippen molar-refractivity contribution in [2.24, 2.45) is 0 Å². The van der Waals surface area contributed by atoms with Gasteiger partial charge in [0.1, 0.15) is 0 Å². The topological polar surface area (TPSA) is 27.7 Å². The van der Waals surface area contributed by atoms with Crippen molar-refractivity contribution in [2.45, 2.75) is 6.42 Å². The molecule has 0 N–H and O–H groups in total. The summed E-state index contributed by atoms with van der Waals surface area (Å²) in [6.45, 7) is 0. The predicted molar refractivity (Wildman–Crippen MR) is 118 cm³/mol. The molecule has 0 heterocycles. The quantitative estimate of drug-likeness (QED) is 0.116. The Morgan fingerprint density at radius 3 is 0.750 bits per heavy atom. The highest BCUT2D eigenvalue weighted by atomic mass is 19.2. The molecule has 1 aliphatic rings. The molecule has 0 spiro atoms. The summed E-state index contributed by atoms with van der Waals surface area (Å²) in [5.41, 5.74) is 0. The summed E-state index contributed by atoms with van der Waals surface area (Å²) in [4.78, 5) is 0. The third-order valence-electron chi connectivity index (χ3n) is 5.03. The summed E-state index contributed by atoms with van der Waals surface area (Å²) in [5, 5.41) is 0. The molecule has 4 rings (SSSR count). The zero-order valence-electron chi connectivity index (χ0n) is 20.6. The molecule has 0 fully saturated rings. The Morgan fingerprint density at radius 1 is 0.318 bits per heavy atom. The van der Waals surface area contributed by atoms with E-state index in [4.69, 9.17) is 0 Å². The Bertz CT molecular complexity index is 1420. The first-order valence-corrected chi connectivity index (χ1v) is 11.1. The van der Waals surface area contributed by atoms with Crippen LogP contribution in [0.2, 0.25) is 0 Å². The van der Waals surface area contributed by atoms with Crippen molar-refractivity contribution < 1.29 is 79.8 Å². The average molecular weight is 652 g/mol. The summed E-state index contributed by atoms with van der Waals surface area (Å²) < 4.78 is 216. The SMILES string of the molecule is C1=CC=CCC=C1.Fc1c(F)c(F)c(OB(Oc2c(F)c(F)c(F)c(F)c2F)Oc2c(F)c(F)c(F)c(F)c2F)c(F)c1F. The molecule has 0 unspecified atom stereocenters. The van der Waals surface area contributed by atoms with Crippen LogP contribution in [0.25, 0.3) is 0 Å². The zero-order valence-corrected chi connectivity index (χ0v) is 20.6. The number of hydrogen-bond acceptors (Lipinski definition) is 3.